The number of aromatic nitrogens is 1. The van der Waals surface area contributed by atoms with Gasteiger partial charge in [-0.15, -0.1) is 0 Å². The third-order valence-corrected chi connectivity index (χ3v) is 3.65. The van der Waals surface area contributed by atoms with E-state index >= 15 is 0 Å². The molecule has 1 amide bonds. The molecule has 0 spiro atoms. The lowest BCUT2D eigenvalue weighted by Gasteiger charge is -2.22. The number of carbonyl (C=O) groups excluding carboxylic acids is 1. The van der Waals surface area contributed by atoms with Crippen LogP contribution in [0.15, 0.2) is 42.7 Å². The number of amides is 1. The van der Waals surface area contributed by atoms with Gasteiger partial charge in [-0.25, -0.2) is 0 Å². The zero-order chi connectivity index (χ0) is 14.8. The minimum Gasteiger partial charge on any atom is -0.506 e. The lowest BCUT2D eigenvalue weighted by molar-refractivity contribution is 0.0729. The van der Waals surface area contributed by atoms with E-state index in [4.69, 9.17) is 0 Å². The zero-order valence-corrected chi connectivity index (χ0v) is 12.0. The van der Waals surface area contributed by atoms with Crippen LogP contribution in [0.2, 0.25) is 0 Å². The second-order valence-electron chi connectivity index (χ2n) is 5.59. The average Bonchev–Trinajstić information content (AvgIpc) is 3.29. The van der Waals surface area contributed by atoms with Crippen LogP contribution in [0.25, 0.3) is 0 Å². The van der Waals surface area contributed by atoms with Crippen LogP contribution in [0.3, 0.4) is 0 Å². The summed E-state index contributed by atoms with van der Waals surface area (Å²) < 4.78 is 0. The Morgan fingerprint density at radius 3 is 2.81 bits per heavy atom. The van der Waals surface area contributed by atoms with Gasteiger partial charge in [0.25, 0.3) is 5.91 Å². The van der Waals surface area contributed by atoms with Gasteiger partial charge in [-0.1, -0.05) is 29.8 Å². The summed E-state index contributed by atoms with van der Waals surface area (Å²) in [5, 5.41) is 9.49. The van der Waals surface area contributed by atoms with Crippen LogP contribution in [0.5, 0.6) is 5.75 Å². The number of pyridine rings is 1. The Labute approximate surface area is 124 Å². The van der Waals surface area contributed by atoms with E-state index in [-0.39, 0.29) is 11.7 Å². The summed E-state index contributed by atoms with van der Waals surface area (Å²) >= 11 is 0. The van der Waals surface area contributed by atoms with E-state index in [9.17, 15) is 9.90 Å². The van der Waals surface area contributed by atoms with E-state index < -0.39 is 0 Å². The van der Waals surface area contributed by atoms with Crippen LogP contribution in [0.1, 0.15) is 34.3 Å². The van der Waals surface area contributed by atoms with Crippen molar-refractivity contribution in [3.63, 3.8) is 0 Å². The monoisotopic (exact) mass is 282 g/mol. The van der Waals surface area contributed by atoms with Crippen molar-refractivity contribution in [1.82, 2.24) is 9.88 Å². The molecule has 0 radical (unpaired) electrons. The number of benzene rings is 1. The van der Waals surface area contributed by atoms with Gasteiger partial charge in [0.05, 0.1) is 11.8 Å². The number of aryl methyl sites for hydroxylation is 1. The Morgan fingerprint density at radius 2 is 2.14 bits per heavy atom. The predicted octanol–water partition coefficient (Wildman–Crippen LogP) is 2.90. The molecule has 1 aliphatic carbocycles. The Kier molecular flexibility index (Phi) is 3.60. The highest BCUT2D eigenvalue weighted by Crippen LogP contribution is 2.30. The first-order chi connectivity index (χ1) is 10.1. The molecule has 21 heavy (non-hydrogen) atoms. The zero-order valence-electron chi connectivity index (χ0n) is 12.0. The van der Waals surface area contributed by atoms with Crippen molar-refractivity contribution in [2.45, 2.75) is 32.4 Å². The third-order valence-electron chi connectivity index (χ3n) is 3.65. The summed E-state index contributed by atoms with van der Waals surface area (Å²) in [6.45, 7) is 2.65. The topological polar surface area (TPSA) is 53.4 Å². The van der Waals surface area contributed by atoms with Crippen molar-refractivity contribution in [2.75, 3.05) is 0 Å². The van der Waals surface area contributed by atoms with Crippen LogP contribution < -0.4 is 0 Å². The average molecular weight is 282 g/mol. The molecule has 2 aromatic rings. The fourth-order valence-corrected chi connectivity index (χ4v) is 2.47. The van der Waals surface area contributed by atoms with Gasteiger partial charge in [-0.05, 0) is 31.4 Å². The quantitative estimate of drug-likeness (QED) is 0.938. The van der Waals surface area contributed by atoms with Crippen molar-refractivity contribution in [1.29, 1.82) is 0 Å². The molecule has 1 N–H and O–H groups in total. The second kappa shape index (κ2) is 5.56. The molecule has 0 unspecified atom stereocenters. The molecule has 0 saturated heterocycles. The van der Waals surface area contributed by atoms with Gasteiger partial charge in [0.1, 0.15) is 5.75 Å². The Morgan fingerprint density at radius 1 is 1.33 bits per heavy atom. The molecule has 0 bridgehead atoms. The lowest BCUT2D eigenvalue weighted by Crippen LogP contribution is -2.32. The summed E-state index contributed by atoms with van der Waals surface area (Å²) in [4.78, 5) is 18.4. The highest BCUT2D eigenvalue weighted by Gasteiger charge is 2.33. The normalized spacial score (nSPS) is 14.0. The summed E-state index contributed by atoms with van der Waals surface area (Å²) in [5.74, 6) is -0.0467. The standard InChI is InChI=1S/C17H18N2O2/c1-12-3-2-4-13(7-12)11-19(15-5-6-15)17(21)14-8-16(20)10-18-9-14/h2-4,7-10,15,20H,5-6,11H2,1H3. The van der Waals surface area contributed by atoms with E-state index in [0.717, 1.165) is 18.4 Å². The molecular formula is C17H18N2O2. The highest BCUT2D eigenvalue weighted by atomic mass is 16.3. The summed E-state index contributed by atoms with van der Waals surface area (Å²) in [6, 6.07) is 9.98. The van der Waals surface area contributed by atoms with Gasteiger partial charge >= 0.3 is 0 Å². The van der Waals surface area contributed by atoms with Crippen LogP contribution in [0, 0.1) is 6.92 Å². The highest BCUT2D eigenvalue weighted by molar-refractivity contribution is 5.94. The first-order valence-electron chi connectivity index (χ1n) is 7.14. The largest absolute Gasteiger partial charge is 0.506 e. The fraction of sp³-hybridized carbons (Fsp3) is 0.294. The van der Waals surface area contributed by atoms with E-state index in [0.29, 0.717) is 18.2 Å². The smallest absolute Gasteiger partial charge is 0.256 e. The van der Waals surface area contributed by atoms with Crippen molar-refractivity contribution in [3.8, 4) is 5.75 Å². The van der Waals surface area contributed by atoms with Gasteiger partial charge in [-0.3, -0.25) is 9.78 Å². The maximum atomic E-state index is 12.6. The molecule has 3 rings (SSSR count). The second-order valence-corrected chi connectivity index (χ2v) is 5.59. The van der Waals surface area contributed by atoms with Gasteiger partial charge < -0.3 is 10.0 Å². The molecule has 0 atom stereocenters. The molecule has 108 valence electrons. The molecule has 1 heterocycles. The van der Waals surface area contributed by atoms with Crippen LogP contribution in [-0.2, 0) is 6.54 Å². The number of nitrogens with zero attached hydrogens (tertiary/aromatic N) is 2. The van der Waals surface area contributed by atoms with Gasteiger partial charge in [-0.2, -0.15) is 0 Å². The molecule has 4 nitrogen and oxygen atoms in total. The predicted molar refractivity (Wildman–Crippen MR) is 80.0 cm³/mol. The summed E-state index contributed by atoms with van der Waals surface area (Å²) in [5.41, 5.74) is 2.76. The Bertz CT molecular complexity index is 665. The molecular weight excluding hydrogens is 264 g/mol. The number of hydrogen-bond donors (Lipinski definition) is 1. The Balaban J connectivity index is 1.83. The molecule has 4 heteroatoms. The Hall–Kier alpha value is -2.36. The molecule has 1 aliphatic rings. The first kappa shape index (κ1) is 13.6. The van der Waals surface area contributed by atoms with Crippen molar-refractivity contribution < 1.29 is 9.90 Å². The maximum Gasteiger partial charge on any atom is 0.256 e. The van der Waals surface area contributed by atoms with Gasteiger partial charge in [0.15, 0.2) is 0 Å². The van der Waals surface area contributed by atoms with E-state index in [2.05, 4.69) is 11.1 Å². The first-order valence-corrected chi connectivity index (χ1v) is 7.14. The minimum atomic E-state index is -0.0672. The molecule has 0 aliphatic heterocycles. The number of hydrogen-bond acceptors (Lipinski definition) is 3. The SMILES string of the molecule is Cc1cccc(CN(C(=O)c2cncc(O)c2)C2CC2)c1. The molecule has 1 aromatic carbocycles. The van der Waals surface area contributed by atoms with E-state index in [1.807, 2.05) is 30.0 Å². The van der Waals surface area contributed by atoms with Gasteiger partial charge in [0, 0.05) is 18.8 Å². The third kappa shape index (κ3) is 3.21. The van der Waals surface area contributed by atoms with Crippen molar-refractivity contribution in [2.24, 2.45) is 0 Å². The van der Waals surface area contributed by atoms with Gasteiger partial charge in [0.2, 0.25) is 0 Å². The van der Waals surface area contributed by atoms with Crippen molar-refractivity contribution in [3.05, 3.63) is 59.4 Å². The molecule has 1 aromatic heterocycles. The van der Waals surface area contributed by atoms with Crippen molar-refractivity contribution >= 4 is 5.91 Å². The lowest BCUT2D eigenvalue weighted by atomic mass is 10.1. The number of carbonyl (C=O) groups is 1. The molecule has 1 saturated carbocycles. The minimum absolute atomic E-state index is 0.0205. The van der Waals surface area contributed by atoms with E-state index in [1.54, 1.807) is 0 Å². The summed E-state index contributed by atoms with van der Waals surface area (Å²) in [6.07, 6.45) is 4.93. The fourth-order valence-electron chi connectivity index (χ4n) is 2.47. The maximum absolute atomic E-state index is 12.6. The van der Waals surface area contributed by atoms with E-state index in [1.165, 1.54) is 24.0 Å². The number of aromatic hydroxyl groups is 1. The van der Waals surface area contributed by atoms with Crippen LogP contribution in [-0.4, -0.2) is 26.9 Å². The number of rotatable bonds is 4. The molecule has 1 fully saturated rings. The van der Waals surface area contributed by atoms with Crippen LogP contribution >= 0.6 is 0 Å². The van der Waals surface area contributed by atoms with Crippen LogP contribution in [0.4, 0.5) is 0 Å². The summed E-state index contributed by atoms with van der Waals surface area (Å²) in [7, 11) is 0.